The number of benzene rings is 3. The third-order valence-electron chi connectivity index (χ3n) is 7.88. The van der Waals surface area contributed by atoms with Crippen molar-refractivity contribution in [3.05, 3.63) is 108 Å². The van der Waals surface area contributed by atoms with Gasteiger partial charge in [-0.15, -0.1) is 0 Å². The Kier molecular flexibility index (Phi) is 10.4. The van der Waals surface area contributed by atoms with Crippen LogP contribution in [0.15, 0.2) is 91.0 Å². The molecule has 1 fully saturated rings. The second kappa shape index (κ2) is 14.0. The highest BCUT2D eigenvalue weighted by Gasteiger charge is 2.39. The van der Waals surface area contributed by atoms with Gasteiger partial charge in [0, 0.05) is 31.2 Å². The molecule has 1 amide bonds. The molecule has 0 saturated carbocycles. The summed E-state index contributed by atoms with van der Waals surface area (Å²) in [7, 11) is 0. The lowest BCUT2D eigenvalue weighted by Crippen LogP contribution is -2.54. The quantitative estimate of drug-likeness (QED) is 0.285. The van der Waals surface area contributed by atoms with Gasteiger partial charge in [0.25, 0.3) is 0 Å². The van der Waals surface area contributed by atoms with Gasteiger partial charge in [-0.2, -0.15) is 0 Å². The first-order valence-electron chi connectivity index (χ1n) is 14.8. The Morgan fingerprint density at radius 2 is 1.38 bits per heavy atom. The zero-order chi connectivity index (χ0) is 28.5. The summed E-state index contributed by atoms with van der Waals surface area (Å²) >= 11 is 0. The first kappa shape index (κ1) is 29.8. The van der Waals surface area contributed by atoms with Crippen molar-refractivity contribution in [2.45, 2.75) is 103 Å². The lowest BCUT2D eigenvalue weighted by molar-refractivity contribution is -0.0257. The molecule has 3 aromatic carbocycles. The summed E-state index contributed by atoms with van der Waals surface area (Å²) in [6.07, 6.45) is 3.54. The summed E-state index contributed by atoms with van der Waals surface area (Å²) < 4.78 is 5.93. The van der Waals surface area contributed by atoms with E-state index in [0.717, 1.165) is 31.2 Å². The molecule has 0 aliphatic carbocycles. The number of amides is 1. The van der Waals surface area contributed by atoms with Gasteiger partial charge in [0.05, 0.1) is 6.10 Å². The van der Waals surface area contributed by atoms with E-state index in [9.17, 15) is 9.90 Å². The van der Waals surface area contributed by atoms with Crippen LogP contribution in [-0.4, -0.2) is 44.7 Å². The molecule has 0 radical (unpaired) electrons. The summed E-state index contributed by atoms with van der Waals surface area (Å²) in [6, 6.07) is 30.8. The van der Waals surface area contributed by atoms with Crippen molar-refractivity contribution < 1.29 is 14.6 Å². The molecular weight excluding hydrogens is 496 g/mol. The molecule has 214 valence electrons. The lowest BCUT2D eigenvalue weighted by atomic mass is 9.87. The van der Waals surface area contributed by atoms with E-state index >= 15 is 0 Å². The molecule has 1 aliphatic heterocycles. The average molecular weight is 543 g/mol. The molecule has 0 aromatic heterocycles. The van der Waals surface area contributed by atoms with Crippen LogP contribution in [0, 0.1) is 0 Å². The summed E-state index contributed by atoms with van der Waals surface area (Å²) in [5.41, 5.74) is 2.73. The summed E-state index contributed by atoms with van der Waals surface area (Å²) in [5, 5.41) is 12.0. The highest BCUT2D eigenvalue weighted by atomic mass is 16.6. The molecule has 1 saturated heterocycles. The van der Waals surface area contributed by atoms with E-state index in [2.05, 4.69) is 60.4 Å². The Morgan fingerprint density at radius 3 is 1.88 bits per heavy atom. The molecule has 3 aromatic rings. The first-order valence-corrected chi connectivity index (χ1v) is 14.8. The standard InChI is InChI=1S/C35H46N2O3/c1-5-30-22-15-23-31(37(30)34(39)40-35(2,3)4)24-32(33(38)29-20-13-8-14-21-29)36(25-27-16-9-6-10-17-27)26-28-18-11-7-12-19-28/h6-14,16-21,30-33,38H,5,15,22-26H2,1-4H3/t30?,31?,32-,33?/m0/s1. The topological polar surface area (TPSA) is 53.0 Å². The third-order valence-corrected chi connectivity index (χ3v) is 7.88. The number of likely N-dealkylation sites (tertiary alicyclic amines) is 1. The lowest BCUT2D eigenvalue weighted by Gasteiger charge is -2.45. The predicted octanol–water partition coefficient (Wildman–Crippen LogP) is 7.75. The number of nitrogens with zero attached hydrogens (tertiary/aromatic N) is 2. The number of rotatable bonds is 10. The Morgan fingerprint density at radius 1 is 0.875 bits per heavy atom. The number of piperidine rings is 1. The van der Waals surface area contributed by atoms with Crippen molar-refractivity contribution in [3.63, 3.8) is 0 Å². The molecule has 4 rings (SSSR count). The van der Waals surface area contributed by atoms with Crippen molar-refractivity contribution in [2.75, 3.05) is 0 Å². The third kappa shape index (κ3) is 8.18. The molecule has 5 nitrogen and oxygen atoms in total. The van der Waals surface area contributed by atoms with Gasteiger partial charge in [0.15, 0.2) is 0 Å². The second-order valence-corrected chi connectivity index (χ2v) is 12.1. The fourth-order valence-corrected chi connectivity index (χ4v) is 5.97. The Bertz CT molecular complexity index is 1120. The number of hydrogen-bond donors (Lipinski definition) is 1. The Balaban J connectivity index is 1.72. The minimum Gasteiger partial charge on any atom is -0.444 e. The van der Waals surface area contributed by atoms with E-state index in [1.165, 1.54) is 11.1 Å². The molecule has 1 aliphatic rings. The van der Waals surface area contributed by atoms with Crippen LogP contribution in [0.5, 0.6) is 0 Å². The van der Waals surface area contributed by atoms with Gasteiger partial charge in [-0.25, -0.2) is 4.79 Å². The number of aliphatic hydroxyl groups is 1. The van der Waals surface area contributed by atoms with Gasteiger partial charge in [-0.05, 0) is 69.6 Å². The van der Waals surface area contributed by atoms with Gasteiger partial charge in [0.2, 0.25) is 0 Å². The zero-order valence-corrected chi connectivity index (χ0v) is 24.6. The summed E-state index contributed by atoms with van der Waals surface area (Å²) in [6.45, 7) is 9.32. The highest BCUT2D eigenvalue weighted by molar-refractivity contribution is 5.69. The van der Waals surface area contributed by atoms with Crippen LogP contribution in [0.2, 0.25) is 0 Å². The highest BCUT2D eigenvalue weighted by Crippen LogP contribution is 2.35. The Hall–Kier alpha value is -3.15. The van der Waals surface area contributed by atoms with Crippen molar-refractivity contribution in [3.8, 4) is 0 Å². The number of carbonyl (C=O) groups is 1. The van der Waals surface area contributed by atoms with Gasteiger partial charge in [-0.3, -0.25) is 4.90 Å². The second-order valence-electron chi connectivity index (χ2n) is 12.1. The van der Waals surface area contributed by atoms with Gasteiger partial charge in [-0.1, -0.05) is 97.9 Å². The summed E-state index contributed by atoms with van der Waals surface area (Å²) in [5.74, 6) is 0. The van der Waals surface area contributed by atoms with Gasteiger partial charge >= 0.3 is 6.09 Å². The minimum atomic E-state index is -0.712. The maximum Gasteiger partial charge on any atom is 0.410 e. The molecule has 5 heteroatoms. The zero-order valence-electron chi connectivity index (χ0n) is 24.6. The molecular formula is C35H46N2O3. The number of aliphatic hydroxyl groups excluding tert-OH is 1. The van der Waals surface area contributed by atoms with Crippen LogP contribution in [0.1, 0.15) is 82.6 Å². The van der Waals surface area contributed by atoms with Crippen LogP contribution >= 0.6 is 0 Å². The maximum absolute atomic E-state index is 13.6. The molecule has 1 N–H and O–H groups in total. The SMILES string of the molecule is CCC1CCCC(C[C@@H](C(O)c2ccccc2)N(Cc2ccccc2)Cc2ccccc2)N1C(=O)OC(C)(C)C. The van der Waals surface area contributed by atoms with Crippen LogP contribution in [0.25, 0.3) is 0 Å². The van der Waals surface area contributed by atoms with Gasteiger partial charge in [0.1, 0.15) is 5.60 Å². The normalized spacial score (nSPS) is 19.3. The fourth-order valence-electron chi connectivity index (χ4n) is 5.97. The van der Waals surface area contributed by atoms with Crippen molar-refractivity contribution in [1.82, 2.24) is 9.80 Å². The van der Waals surface area contributed by atoms with Crippen molar-refractivity contribution >= 4 is 6.09 Å². The van der Waals surface area contributed by atoms with Gasteiger partial charge < -0.3 is 14.7 Å². The van der Waals surface area contributed by atoms with E-state index in [1.54, 1.807) is 0 Å². The van der Waals surface area contributed by atoms with E-state index in [0.29, 0.717) is 19.5 Å². The molecule has 0 bridgehead atoms. The average Bonchev–Trinajstić information content (AvgIpc) is 2.95. The molecule has 1 heterocycles. The minimum absolute atomic E-state index is 0.0223. The summed E-state index contributed by atoms with van der Waals surface area (Å²) in [4.78, 5) is 18.0. The predicted molar refractivity (Wildman–Crippen MR) is 162 cm³/mol. The fraction of sp³-hybridized carbons (Fsp3) is 0.457. The first-order chi connectivity index (χ1) is 19.2. The molecule has 3 unspecified atom stereocenters. The van der Waals surface area contributed by atoms with Crippen LogP contribution < -0.4 is 0 Å². The number of ether oxygens (including phenoxy) is 1. The molecule has 4 atom stereocenters. The monoisotopic (exact) mass is 542 g/mol. The molecule has 0 spiro atoms. The largest absolute Gasteiger partial charge is 0.444 e. The maximum atomic E-state index is 13.6. The van der Waals surface area contributed by atoms with E-state index in [1.807, 2.05) is 68.1 Å². The Labute approximate surface area is 240 Å². The molecule has 40 heavy (non-hydrogen) atoms. The van der Waals surface area contributed by atoms with Crippen LogP contribution in [-0.2, 0) is 17.8 Å². The number of carbonyl (C=O) groups excluding carboxylic acids is 1. The van der Waals surface area contributed by atoms with Crippen LogP contribution in [0.3, 0.4) is 0 Å². The van der Waals surface area contributed by atoms with Crippen molar-refractivity contribution in [1.29, 1.82) is 0 Å². The van der Waals surface area contributed by atoms with Crippen molar-refractivity contribution in [2.24, 2.45) is 0 Å². The van der Waals surface area contributed by atoms with E-state index in [4.69, 9.17) is 4.74 Å². The van der Waals surface area contributed by atoms with E-state index in [-0.39, 0.29) is 24.2 Å². The smallest absolute Gasteiger partial charge is 0.410 e. The van der Waals surface area contributed by atoms with E-state index < -0.39 is 11.7 Å². The van der Waals surface area contributed by atoms with Crippen LogP contribution in [0.4, 0.5) is 4.79 Å². The number of hydrogen-bond acceptors (Lipinski definition) is 4.